The van der Waals surface area contributed by atoms with Crippen molar-refractivity contribution in [3.8, 4) is 0 Å². The first-order valence-electron chi connectivity index (χ1n) is 1.57. The van der Waals surface area contributed by atoms with Gasteiger partial charge in [0.2, 0.25) is 0 Å². The maximum Gasteiger partial charge on any atom is 0.466 e. The SMILES string of the molecule is O=P(O)(O)O.O=P(O)(O)O.[Be].[Be].[Be]. The van der Waals surface area contributed by atoms with Crippen LogP contribution in [0.25, 0.3) is 0 Å². The van der Waals surface area contributed by atoms with Crippen molar-refractivity contribution in [3.63, 3.8) is 0 Å². The fourth-order valence-electron chi connectivity index (χ4n) is 0. The van der Waals surface area contributed by atoms with E-state index in [1.807, 2.05) is 0 Å². The molecule has 0 saturated carbocycles. The zero-order valence-corrected chi connectivity index (χ0v) is 8.30. The summed E-state index contributed by atoms with van der Waals surface area (Å²) in [6.07, 6.45) is 0. The van der Waals surface area contributed by atoms with Crippen LogP contribution >= 0.6 is 15.6 Å². The van der Waals surface area contributed by atoms with Crippen molar-refractivity contribution < 1.29 is 38.5 Å². The number of phosphoric acid groups is 2. The molecule has 13 heteroatoms. The van der Waals surface area contributed by atoms with Gasteiger partial charge >= 0.3 is 15.6 Å². The third-order valence-electron chi connectivity index (χ3n) is 0. The van der Waals surface area contributed by atoms with E-state index in [0.717, 1.165) is 0 Å². The van der Waals surface area contributed by atoms with E-state index in [0.29, 0.717) is 0 Å². The molecule has 0 aromatic carbocycles. The van der Waals surface area contributed by atoms with E-state index in [-0.39, 0.29) is 30.4 Å². The fourth-order valence-corrected chi connectivity index (χ4v) is 0. The van der Waals surface area contributed by atoms with Gasteiger partial charge in [-0.05, 0) is 0 Å². The summed E-state index contributed by atoms with van der Waals surface area (Å²) in [6, 6.07) is 0. The van der Waals surface area contributed by atoms with Crippen LogP contribution in [0.15, 0.2) is 0 Å². The Labute approximate surface area is 85.1 Å². The van der Waals surface area contributed by atoms with E-state index in [1.165, 1.54) is 0 Å². The van der Waals surface area contributed by atoms with Gasteiger partial charge in [0.1, 0.15) is 0 Å². The Morgan fingerprint density at radius 3 is 0.538 bits per heavy atom. The molecule has 0 aromatic rings. The van der Waals surface area contributed by atoms with Crippen molar-refractivity contribution in [2.45, 2.75) is 0 Å². The zero-order chi connectivity index (χ0) is 9.00. The summed E-state index contributed by atoms with van der Waals surface area (Å²) in [5.74, 6) is 0. The van der Waals surface area contributed by atoms with Crippen molar-refractivity contribution in [2.24, 2.45) is 0 Å². The molecule has 0 aliphatic heterocycles. The molecule has 0 atom stereocenters. The number of rotatable bonds is 0. The molecule has 0 aliphatic rings. The molecule has 6 N–H and O–H groups in total. The second-order valence-corrected chi connectivity index (χ2v) is 3.08. The minimum Gasteiger partial charge on any atom is -0.303 e. The van der Waals surface area contributed by atoms with Crippen LogP contribution in [0.5, 0.6) is 0 Å². The van der Waals surface area contributed by atoms with Crippen LogP contribution < -0.4 is 0 Å². The smallest absolute Gasteiger partial charge is 0.303 e. The van der Waals surface area contributed by atoms with Gasteiger partial charge in [-0.15, -0.1) is 0 Å². The van der Waals surface area contributed by atoms with Gasteiger partial charge in [0, 0.05) is 30.4 Å². The Kier molecular flexibility index (Phi) is 24.3. The van der Waals surface area contributed by atoms with E-state index in [4.69, 9.17) is 38.5 Å². The van der Waals surface area contributed by atoms with E-state index in [9.17, 15) is 0 Å². The van der Waals surface area contributed by atoms with Gasteiger partial charge in [-0.25, -0.2) is 9.13 Å². The Morgan fingerprint density at radius 1 is 0.538 bits per heavy atom. The van der Waals surface area contributed by atoms with Crippen molar-refractivity contribution >= 4 is 46.0 Å². The van der Waals surface area contributed by atoms with E-state index in [1.54, 1.807) is 0 Å². The number of hydrogen-bond acceptors (Lipinski definition) is 2. The van der Waals surface area contributed by atoms with E-state index >= 15 is 0 Å². The van der Waals surface area contributed by atoms with Crippen LogP contribution in [-0.4, -0.2) is 59.7 Å². The normalized spacial score (nSPS) is 9.08. The van der Waals surface area contributed by atoms with Crippen LogP contribution in [0.3, 0.4) is 0 Å². The third kappa shape index (κ3) is 2770. The van der Waals surface area contributed by atoms with Gasteiger partial charge in [-0.2, -0.15) is 0 Å². The Hall–Kier alpha value is 0.726. The third-order valence-corrected chi connectivity index (χ3v) is 0. The molecule has 0 aliphatic carbocycles. The summed E-state index contributed by atoms with van der Waals surface area (Å²) in [4.78, 5) is 43.1. The quantitative estimate of drug-likeness (QED) is 0.187. The Morgan fingerprint density at radius 2 is 0.538 bits per heavy atom. The van der Waals surface area contributed by atoms with Crippen LogP contribution in [0.4, 0.5) is 0 Å². The second-order valence-electron chi connectivity index (χ2n) is 1.03. The molecular formula is H6Be3O8P2. The van der Waals surface area contributed by atoms with Crippen molar-refractivity contribution in [3.05, 3.63) is 0 Å². The van der Waals surface area contributed by atoms with Gasteiger partial charge in [0.25, 0.3) is 0 Å². The molecule has 0 unspecified atom stereocenters. The maximum absolute atomic E-state index is 8.88. The first kappa shape index (κ1) is 29.2. The fraction of sp³-hybridized carbons (Fsp3) is 0. The van der Waals surface area contributed by atoms with Crippen LogP contribution in [0.2, 0.25) is 0 Å². The average Bonchev–Trinajstić information content (AvgIpc) is 1.12. The predicted octanol–water partition coefficient (Wildman–Crippen LogP) is -3.00. The second kappa shape index (κ2) is 10.8. The molecular weight excluding hydrogens is 217 g/mol. The van der Waals surface area contributed by atoms with Crippen molar-refractivity contribution in [1.29, 1.82) is 0 Å². The standard InChI is InChI=1S/3Be.2H3O4P/c;;;2*1-5(2,3)4/h;;;2*(H3,1,2,3,4). The molecule has 0 fully saturated rings. The molecule has 0 heterocycles. The molecule has 0 bridgehead atoms. The summed E-state index contributed by atoms with van der Waals surface area (Å²) in [6.45, 7) is 0. The van der Waals surface area contributed by atoms with Gasteiger partial charge in [0.05, 0.1) is 0 Å². The number of hydrogen-bond donors (Lipinski definition) is 6. The molecule has 0 spiro atoms. The summed E-state index contributed by atoms with van der Waals surface area (Å²) in [5.41, 5.74) is 0. The average molecular weight is 223 g/mol. The maximum atomic E-state index is 8.88. The zero-order valence-electron chi connectivity index (χ0n) is 6.52. The van der Waals surface area contributed by atoms with Crippen molar-refractivity contribution in [2.75, 3.05) is 0 Å². The monoisotopic (exact) mass is 223 g/mol. The van der Waals surface area contributed by atoms with Crippen LogP contribution in [-0.2, 0) is 9.13 Å². The van der Waals surface area contributed by atoms with Crippen LogP contribution in [0.1, 0.15) is 0 Å². The minimum absolute atomic E-state index is 0. The molecule has 8 nitrogen and oxygen atoms in total. The molecule has 6 radical (unpaired) electrons. The van der Waals surface area contributed by atoms with Gasteiger partial charge < -0.3 is 29.4 Å². The largest absolute Gasteiger partial charge is 0.466 e. The van der Waals surface area contributed by atoms with E-state index in [2.05, 4.69) is 0 Å². The van der Waals surface area contributed by atoms with Gasteiger partial charge in [-0.1, -0.05) is 0 Å². The minimum atomic E-state index is -4.64. The summed E-state index contributed by atoms with van der Waals surface area (Å²) in [7, 11) is -9.28. The molecule has 0 rings (SSSR count). The molecule has 0 saturated heterocycles. The predicted molar refractivity (Wildman–Crippen MR) is 45.8 cm³/mol. The Balaban J connectivity index is -0.0000000267. The van der Waals surface area contributed by atoms with E-state index < -0.39 is 15.6 Å². The summed E-state index contributed by atoms with van der Waals surface area (Å²) >= 11 is 0. The molecule has 13 heavy (non-hydrogen) atoms. The topological polar surface area (TPSA) is 156 Å². The summed E-state index contributed by atoms with van der Waals surface area (Å²) < 4.78 is 17.8. The molecule has 0 amide bonds. The summed E-state index contributed by atoms with van der Waals surface area (Å²) in [5, 5.41) is 0. The molecule has 70 valence electrons. The Bertz CT molecular complexity index is 130. The van der Waals surface area contributed by atoms with Crippen molar-refractivity contribution in [1.82, 2.24) is 0 Å². The molecule has 0 aromatic heterocycles. The van der Waals surface area contributed by atoms with Crippen LogP contribution in [0, 0.1) is 0 Å². The first-order chi connectivity index (χ1) is 4.00. The first-order valence-corrected chi connectivity index (χ1v) is 4.70. The van der Waals surface area contributed by atoms with Gasteiger partial charge in [0.15, 0.2) is 0 Å². The van der Waals surface area contributed by atoms with Gasteiger partial charge in [-0.3, -0.25) is 0 Å².